The van der Waals surface area contributed by atoms with Crippen molar-refractivity contribution in [3.05, 3.63) is 40.5 Å². The summed E-state index contributed by atoms with van der Waals surface area (Å²) in [5, 5.41) is 18.9. The van der Waals surface area contributed by atoms with Crippen LogP contribution in [0.2, 0.25) is 0 Å². The van der Waals surface area contributed by atoms with Crippen LogP contribution in [0.3, 0.4) is 0 Å². The molecule has 120 valence electrons. The van der Waals surface area contributed by atoms with Gasteiger partial charge in [-0.1, -0.05) is 36.8 Å². The SMILES string of the molecule is O=C(N[C@H]1CCC[C@H]1C(=O)O)c1[nH]nc(-c2ccccc2)c1Br. The van der Waals surface area contributed by atoms with Crippen molar-refractivity contribution < 1.29 is 14.7 Å². The Kier molecular flexibility index (Phi) is 4.47. The van der Waals surface area contributed by atoms with Crippen LogP contribution in [0.5, 0.6) is 0 Å². The minimum Gasteiger partial charge on any atom is -0.481 e. The highest BCUT2D eigenvalue weighted by atomic mass is 79.9. The summed E-state index contributed by atoms with van der Waals surface area (Å²) in [6.07, 6.45) is 2.08. The predicted octanol–water partition coefficient (Wildman–Crippen LogP) is 2.82. The molecule has 1 aliphatic rings. The lowest BCUT2D eigenvalue weighted by Crippen LogP contribution is -2.40. The standard InChI is InChI=1S/C16H16BrN3O3/c17-12-13(9-5-2-1-3-6-9)19-20-14(12)15(21)18-11-8-4-7-10(11)16(22)23/h1-3,5-6,10-11H,4,7-8H2,(H,18,21)(H,19,20)(H,22,23)/t10-,11+/m1/s1. The molecule has 7 heteroatoms. The Balaban J connectivity index is 1.79. The minimum atomic E-state index is -0.860. The molecule has 0 spiro atoms. The smallest absolute Gasteiger partial charge is 0.308 e. The second-order valence-corrected chi connectivity index (χ2v) is 6.38. The first-order valence-electron chi connectivity index (χ1n) is 7.41. The maximum absolute atomic E-state index is 12.4. The monoisotopic (exact) mass is 377 g/mol. The fourth-order valence-corrected chi connectivity index (χ4v) is 3.52. The number of aliphatic carboxylic acids is 1. The van der Waals surface area contributed by atoms with Crippen LogP contribution < -0.4 is 5.32 Å². The Hall–Kier alpha value is -2.15. The lowest BCUT2D eigenvalue weighted by Gasteiger charge is -2.17. The molecule has 23 heavy (non-hydrogen) atoms. The third-order valence-electron chi connectivity index (χ3n) is 4.13. The van der Waals surface area contributed by atoms with E-state index in [1.54, 1.807) is 0 Å². The molecule has 1 fully saturated rings. The number of nitrogens with one attached hydrogen (secondary N) is 2. The molecule has 6 nitrogen and oxygen atoms in total. The summed E-state index contributed by atoms with van der Waals surface area (Å²) in [7, 11) is 0. The van der Waals surface area contributed by atoms with Crippen molar-refractivity contribution in [3.63, 3.8) is 0 Å². The van der Waals surface area contributed by atoms with E-state index in [0.717, 1.165) is 12.0 Å². The van der Waals surface area contributed by atoms with Crippen LogP contribution in [0.1, 0.15) is 29.8 Å². The van der Waals surface area contributed by atoms with Gasteiger partial charge in [0, 0.05) is 11.6 Å². The molecule has 0 saturated heterocycles. The third-order valence-corrected chi connectivity index (χ3v) is 4.90. The molecule has 1 saturated carbocycles. The van der Waals surface area contributed by atoms with E-state index in [1.807, 2.05) is 30.3 Å². The van der Waals surface area contributed by atoms with Gasteiger partial charge < -0.3 is 10.4 Å². The van der Waals surface area contributed by atoms with Gasteiger partial charge in [-0.25, -0.2) is 0 Å². The zero-order chi connectivity index (χ0) is 16.4. The van der Waals surface area contributed by atoms with Crippen LogP contribution in [0.15, 0.2) is 34.8 Å². The van der Waals surface area contributed by atoms with Crippen molar-refractivity contribution in [2.75, 3.05) is 0 Å². The van der Waals surface area contributed by atoms with Gasteiger partial charge in [0.25, 0.3) is 5.91 Å². The van der Waals surface area contributed by atoms with Crippen LogP contribution in [0.25, 0.3) is 11.3 Å². The van der Waals surface area contributed by atoms with Crippen molar-refractivity contribution in [1.82, 2.24) is 15.5 Å². The first-order valence-corrected chi connectivity index (χ1v) is 8.20. The van der Waals surface area contributed by atoms with Gasteiger partial charge in [0.1, 0.15) is 11.4 Å². The number of rotatable bonds is 4. The molecule has 2 aromatic rings. The van der Waals surface area contributed by atoms with Crippen molar-refractivity contribution in [3.8, 4) is 11.3 Å². The Morgan fingerprint density at radius 1 is 1.26 bits per heavy atom. The number of carbonyl (C=O) groups is 2. The molecule has 0 unspecified atom stereocenters. The molecular weight excluding hydrogens is 362 g/mol. The topological polar surface area (TPSA) is 95.1 Å². The summed E-state index contributed by atoms with van der Waals surface area (Å²) >= 11 is 3.41. The molecule has 3 rings (SSSR count). The van der Waals surface area contributed by atoms with E-state index in [4.69, 9.17) is 0 Å². The van der Waals surface area contributed by atoms with Gasteiger partial charge in [-0.15, -0.1) is 0 Å². The lowest BCUT2D eigenvalue weighted by molar-refractivity contribution is -0.142. The van der Waals surface area contributed by atoms with Crippen molar-refractivity contribution >= 4 is 27.8 Å². The maximum Gasteiger partial charge on any atom is 0.308 e. The summed E-state index contributed by atoms with van der Waals surface area (Å²) in [4.78, 5) is 23.6. The van der Waals surface area contributed by atoms with Crippen LogP contribution in [-0.4, -0.2) is 33.2 Å². The number of hydrogen-bond donors (Lipinski definition) is 3. The zero-order valence-corrected chi connectivity index (χ0v) is 13.8. The van der Waals surface area contributed by atoms with Crippen LogP contribution >= 0.6 is 15.9 Å². The summed E-state index contributed by atoms with van der Waals surface area (Å²) < 4.78 is 0.575. The molecule has 2 atom stereocenters. The number of carboxylic acid groups (broad SMARTS) is 1. The largest absolute Gasteiger partial charge is 0.481 e. The minimum absolute atomic E-state index is 0.305. The van der Waals surface area contributed by atoms with Crippen molar-refractivity contribution in [1.29, 1.82) is 0 Å². The molecule has 1 heterocycles. The van der Waals surface area contributed by atoms with Crippen molar-refractivity contribution in [2.24, 2.45) is 5.92 Å². The number of hydrogen-bond acceptors (Lipinski definition) is 3. The van der Waals surface area contributed by atoms with Crippen LogP contribution in [0.4, 0.5) is 0 Å². The molecule has 0 bridgehead atoms. The lowest BCUT2D eigenvalue weighted by atomic mass is 10.0. The number of halogens is 1. The first kappa shape index (κ1) is 15.7. The Bertz CT molecular complexity index is 729. The van der Waals surface area contributed by atoms with E-state index in [-0.39, 0.29) is 11.9 Å². The highest BCUT2D eigenvalue weighted by Gasteiger charge is 2.34. The predicted molar refractivity (Wildman–Crippen MR) is 88.0 cm³/mol. The second-order valence-electron chi connectivity index (χ2n) is 5.58. The third kappa shape index (κ3) is 3.14. The molecule has 3 N–H and O–H groups in total. The Labute approximate surface area is 141 Å². The van der Waals surface area contributed by atoms with E-state index in [1.165, 1.54) is 0 Å². The molecule has 0 radical (unpaired) electrons. The van der Waals surface area contributed by atoms with E-state index >= 15 is 0 Å². The number of carbonyl (C=O) groups excluding carboxylic acids is 1. The maximum atomic E-state index is 12.4. The summed E-state index contributed by atoms with van der Waals surface area (Å²) in [5.41, 5.74) is 1.84. The molecule has 0 aliphatic heterocycles. The van der Waals surface area contributed by atoms with Gasteiger partial charge >= 0.3 is 5.97 Å². The van der Waals surface area contributed by atoms with Gasteiger partial charge in [-0.05, 0) is 28.8 Å². The summed E-state index contributed by atoms with van der Waals surface area (Å²) in [6, 6.07) is 9.16. The van der Waals surface area contributed by atoms with Gasteiger partial charge in [0.2, 0.25) is 0 Å². The van der Waals surface area contributed by atoms with Crippen LogP contribution in [-0.2, 0) is 4.79 Å². The van der Waals surface area contributed by atoms with Gasteiger partial charge in [-0.3, -0.25) is 14.7 Å². The average Bonchev–Trinajstić information content (AvgIpc) is 3.14. The van der Waals surface area contributed by atoms with Crippen molar-refractivity contribution in [2.45, 2.75) is 25.3 Å². The number of aromatic amines is 1. The van der Waals surface area contributed by atoms with E-state index < -0.39 is 11.9 Å². The molecule has 1 aromatic heterocycles. The van der Waals surface area contributed by atoms with Crippen LogP contribution in [0, 0.1) is 5.92 Å². The summed E-state index contributed by atoms with van der Waals surface area (Å²) in [6.45, 7) is 0. The fourth-order valence-electron chi connectivity index (χ4n) is 2.94. The normalized spacial score (nSPS) is 20.4. The second kappa shape index (κ2) is 6.54. The number of H-pyrrole nitrogens is 1. The Morgan fingerprint density at radius 2 is 2.00 bits per heavy atom. The van der Waals surface area contributed by atoms with Gasteiger partial charge in [0.05, 0.1) is 10.4 Å². The van der Waals surface area contributed by atoms with Gasteiger partial charge in [0.15, 0.2) is 0 Å². The fraction of sp³-hybridized carbons (Fsp3) is 0.312. The Morgan fingerprint density at radius 3 is 2.70 bits per heavy atom. The van der Waals surface area contributed by atoms with E-state index in [2.05, 4.69) is 31.4 Å². The number of carboxylic acids is 1. The summed E-state index contributed by atoms with van der Waals surface area (Å²) in [5.74, 6) is -1.72. The average molecular weight is 378 g/mol. The number of amides is 1. The quantitative estimate of drug-likeness (QED) is 0.763. The number of benzene rings is 1. The molecular formula is C16H16BrN3O3. The number of aromatic nitrogens is 2. The molecule has 1 aromatic carbocycles. The van der Waals surface area contributed by atoms with Gasteiger partial charge in [-0.2, -0.15) is 5.10 Å². The highest BCUT2D eigenvalue weighted by molar-refractivity contribution is 9.10. The molecule has 1 amide bonds. The van der Waals surface area contributed by atoms with E-state index in [9.17, 15) is 14.7 Å². The first-order chi connectivity index (χ1) is 11.1. The van der Waals surface area contributed by atoms with E-state index in [0.29, 0.717) is 28.7 Å². The highest BCUT2D eigenvalue weighted by Crippen LogP contribution is 2.30. The number of nitrogens with zero attached hydrogens (tertiary/aromatic N) is 1. The zero-order valence-electron chi connectivity index (χ0n) is 12.3. The molecule has 1 aliphatic carbocycles.